The summed E-state index contributed by atoms with van der Waals surface area (Å²) in [5.41, 5.74) is 1.84. The van der Waals surface area contributed by atoms with Gasteiger partial charge in [-0.2, -0.15) is 0 Å². The molecule has 0 aliphatic heterocycles. The van der Waals surface area contributed by atoms with Crippen LogP contribution in [0.5, 0.6) is 0 Å². The van der Waals surface area contributed by atoms with Gasteiger partial charge in [-0.3, -0.25) is 0 Å². The molecule has 0 spiro atoms. The molecule has 0 atom stereocenters. The molecule has 5 rings (SSSR count). The zero-order chi connectivity index (χ0) is 21.1. The van der Waals surface area contributed by atoms with Crippen LogP contribution in [-0.2, 0) is 3.07 Å². The number of fused-ring (bicyclic) bond motifs is 1. The van der Waals surface area contributed by atoms with Crippen molar-refractivity contribution in [1.82, 2.24) is 4.98 Å². The molecule has 168 valence electrons. The van der Waals surface area contributed by atoms with Gasteiger partial charge < -0.3 is 0 Å². The summed E-state index contributed by atoms with van der Waals surface area (Å²) in [4.78, 5) is 17.2. The van der Waals surface area contributed by atoms with Crippen molar-refractivity contribution in [3.05, 3.63) is 36.0 Å². The van der Waals surface area contributed by atoms with Crippen molar-refractivity contribution in [2.24, 2.45) is 0 Å². The van der Waals surface area contributed by atoms with Gasteiger partial charge in [-0.1, -0.05) is 0 Å². The van der Waals surface area contributed by atoms with Gasteiger partial charge in [0.05, 0.1) is 0 Å². The Morgan fingerprint density at radius 1 is 0.742 bits per heavy atom. The van der Waals surface area contributed by atoms with Gasteiger partial charge in [0.15, 0.2) is 0 Å². The molecule has 0 amide bonds. The maximum absolute atomic E-state index is 13.9. The van der Waals surface area contributed by atoms with E-state index in [1.807, 2.05) is 24.4 Å². The Hall–Kier alpha value is -0.971. The molecule has 3 aliphatic carbocycles. The Kier molecular flexibility index (Phi) is 6.97. The second-order valence-electron chi connectivity index (χ2n) is 10.5. The number of nitrogens with one attached hydrogen (secondary N) is 1. The number of H-pyrrole nitrogens is 1. The second-order valence-corrected chi connectivity index (χ2v) is 22.9. The summed E-state index contributed by atoms with van der Waals surface area (Å²) in [6.45, 7) is 0. The van der Waals surface area contributed by atoms with Crippen molar-refractivity contribution >= 4 is 35.7 Å². The van der Waals surface area contributed by atoms with Crippen LogP contribution in [0, 0.1) is 0 Å². The first kappa shape index (κ1) is 21.9. The van der Waals surface area contributed by atoms with Crippen LogP contribution in [0.4, 0.5) is 0 Å². The second kappa shape index (κ2) is 9.89. The monoisotopic (exact) mass is 529 g/mol. The molecule has 0 radical (unpaired) electrons. The molecule has 3 saturated carbocycles. The molecular weight excluding hydrogens is 489 g/mol. The molecule has 0 unspecified atom stereocenters. The van der Waals surface area contributed by atoms with E-state index in [-0.39, 0.29) is 5.97 Å². The molecule has 1 aromatic carbocycles. The van der Waals surface area contributed by atoms with E-state index in [0.29, 0.717) is 0 Å². The summed E-state index contributed by atoms with van der Waals surface area (Å²) in [6.07, 6.45) is 22.2. The Balaban J connectivity index is 1.55. The molecule has 2 aromatic rings. The number of hydrogen-bond donors (Lipinski definition) is 1. The van der Waals surface area contributed by atoms with E-state index < -0.39 is 18.8 Å². The first-order chi connectivity index (χ1) is 15.3. The van der Waals surface area contributed by atoms with E-state index >= 15 is 0 Å². The average molecular weight is 528 g/mol. The van der Waals surface area contributed by atoms with Crippen LogP contribution in [0.2, 0.25) is 11.8 Å². The van der Waals surface area contributed by atoms with Crippen LogP contribution in [0.1, 0.15) is 107 Å². The Morgan fingerprint density at radius 2 is 1.26 bits per heavy atom. The zero-order valence-electron chi connectivity index (χ0n) is 19.0. The summed E-state index contributed by atoms with van der Waals surface area (Å²) in [6, 6.07) is 8.11. The van der Waals surface area contributed by atoms with Gasteiger partial charge in [0.2, 0.25) is 0 Å². The number of rotatable bonds is 5. The number of aromatic nitrogens is 1. The van der Waals surface area contributed by atoms with Crippen molar-refractivity contribution in [3.63, 3.8) is 0 Å². The van der Waals surface area contributed by atoms with E-state index in [4.69, 9.17) is 3.07 Å². The maximum atomic E-state index is 13.9. The van der Waals surface area contributed by atoms with E-state index in [0.717, 1.165) is 28.3 Å². The Labute approximate surface area is 192 Å². The molecule has 0 bridgehead atoms. The molecule has 3 fully saturated rings. The summed E-state index contributed by atoms with van der Waals surface area (Å²) in [7, 11) is 0. The van der Waals surface area contributed by atoms with E-state index in [9.17, 15) is 4.79 Å². The number of aromatic amines is 1. The minimum absolute atomic E-state index is 0.0164. The number of benzene rings is 1. The first-order valence-electron chi connectivity index (χ1n) is 13.1. The van der Waals surface area contributed by atoms with Gasteiger partial charge in [0, 0.05) is 0 Å². The standard InChI is InChI=1S/C9H7NO2.3C6H11.Sn/c11-9(12)7-2-1-3-8-6(7)4-5-10-8;3*1-2-4-6-5-3-1;/h1-5,10H,(H,11,12);3*1H,2-6H2;/q;;;;+1/p-1. The number of carbonyl (C=O) groups is 1. The third-order valence-corrected chi connectivity index (χ3v) is 26.2. The summed E-state index contributed by atoms with van der Waals surface area (Å²) < 4.78 is 9.44. The van der Waals surface area contributed by atoms with Crippen LogP contribution in [0.3, 0.4) is 0 Å². The minimum atomic E-state index is -3.30. The Bertz CT molecular complexity index is 827. The van der Waals surface area contributed by atoms with Crippen LogP contribution in [-0.4, -0.2) is 29.7 Å². The van der Waals surface area contributed by atoms with Gasteiger partial charge >= 0.3 is 193 Å². The van der Waals surface area contributed by atoms with Crippen molar-refractivity contribution in [3.8, 4) is 0 Å². The Morgan fingerprint density at radius 3 is 1.77 bits per heavy atom. The van der Waals surface area contributed by atoms with Crippen LogP contribution in [0.25, 0.3) is 10.9 Å². The van der Waals surface area contributed by atoms with E-state index in [2.05, 4.69) is 11.1 Å². The quantitative estimate of drug-likeness (QED) is 0.397. The van der Waals surface area contributed by atoms with Crippen molar-refractivity contribution < 1.29 is 7.87 Å². The predicted octanol–water partition coefficient (Wildman–Crippen LogP) is 8.27. The fraction of sp³-hybridized carbons (Fsp3) is 0.667. The predicted molar refractivity (Wildman–Crippen MR) is 130 cm³/mol. The summed E-state index contributed by atoms with van der Waals surface area (Å²) >= 11 is -3.30. The normalized spacial score (nSPS) is 22.6. The molecule has 1 N–H and O–H groups in total. The molecule has 31 heavy (non-hydrogen) atoms. The van der Waals surface area contributed by atoms with E-state index in [1.165, 1.54) is 96.3 Å². The van der Waals surface area contributed by atoms with Gasteiger partial charge in [0.1, 0.15) is 0 Å². The van der Waals surface area contributed by atoms with Gasteiger partial charge in [-0.15, -0.1) is 0 Å². The number of hydrogen-bond acceptors (Lipinski definition) is 2. The van der Waals surface area contributed by atoms with Gasteiger partial charge in [-0.05, 0) is 0 Å². The number of carbonyl (C=O) groups excluding carboxylic acids is 1. The fourth-order valence-corrected chi connectivity index (χ4v) is 27.0. The van der Waals surface area contributed by atoms with Gasteiger partial charge in [-0.25, -0.2) is 0 Å². The molecule has 4 heteroatoms. The van der Waals surface area contributed by atoms with Gasteiger partial charge in [0.25, 0.3) is 0 Å². The summed E-state index contributed by atoms with van der Waals surface area (Å²) in [5.74, 6) is 0.0164. The third kappa shape index (κ3) is 4.32. The van der Waals surface area contributed by atoms with Crippen molar-refractivity contribution in [1.29, 1.82) is 0 Å². The molecule has 0 saturated heterocycles. The van der Waals surface area contributed by atoms with Crippen LogP contribution < -0.4 is 0 Å². The fourth-order valence-electron chi connectivity index (χ4n) is 7.39. The first-order valence-corrected chi connectivity index (χ1v) is 19.2. The molecule has 1 aromatic heterocycles. The van der Waals surface area contributed by atoms with Crippen molar-refractivity contribution in [2.45, 2.75) is 108 Å². The van der Waals surface area contributed by atoms with Crippen LogP contribution >= 0.6 is 0 Å². The van der Waals surface area contributed by atoms with Crippen molar-refractivity contribution in [2.75, 3.05) is 0 Å². The topological polar surface area (TPSA) is 42.1 Å². The molecule has 1 heterocycles. The van der Waals surface area contributed by atoms with Crippen LogP contribution in [0.15, 0.2) is 30.5 Å². The third-order valence-electron chi connectivity index (χ3n) is 8.81. The molecule has 3 aliphatic rings. The SMILES string of the molecule is O=C([O][Sn]([CH]1CCCCC1)([CH]1CCCCC1)[CH]1CCCCC1)c1cccc2[nH]ccc12. The summed E-state index contributed by atoms with van der Waals surface area (Å²) in [5, 5.41) is 1.03. The van der Waals surface area contributed by atoms with E-state index in [1.54, 1.807) is 0 Å². The average Bonchev–Trinajstić information content (AvgIpc) is 3.33. The zero-order valence-corrected chi connectivity index (χ0v) is 21.9. The molecular formula is C27H39NO2Sn. The molecule has 3 nitrogen and oxygen atoms in total.